The van der Waals surface area contributed by atoms with Gasteiger partial charge in [-0.1, -0.05) is 30.3 Å². The van der Waals surface area contributed by atoms with E-state index in [1.54, 1.807) is 7.05 Å². The molecule has 8 heteroatoms. The number of aromatic carboxylic acids is 1. The summed E-state index contributed by atoms with van der Waals surface area (Å²) in [6, 6.07) is 11.2. The minimum atomic E-state index is -1.24. The molecule has 0 amide bonds. The van der Waals surface area contributed by atoms with E-state index in [1.807, 2.05) is 31.2 Å². The molecule has 0 aliphatic heterocycles. The Morgan fingerprint density at radius 3 is 2.70 bits per heavy atom. The third-order valence-electron chi connectivity index (χ3n) is 3.58. The molecule has 0 unspecified atom stereocenters. The molecule has 0 spiro atoms. The van der Waals surface area contributed by atoms with Crippen molar-refractivity contribution in [3.63, 3.8) is 0 Å². The van der Waals surface area contributed by atoms with Crippen LogP contribution < -0.4 is 5.14 Å². The van der Waals surface area contributed by atoms with Gasteiger partial charge in [-0.3, -0.25) is 5.14 Å². The fraction of sp³-hybridized carbons (Fsp3) is 0.105. The first-order valence-corrected chi connectivity index (χ1v) is 8.71. The lowest BCUT2D eigenvalue weighted by molar-refractivity contribution is 0.0696. The summed E-state index contributed by atoms with van der Waals surface area (Å²) in [5, 5.41) is 20.8. The van der Waals surface area contributed by atoms with Gasteiger partial charge in [-0.25, -0.2) is 19.2 Å². The van der Waals surface area contributed by atoms with E-state index in [4.69, 9.17) is 5.14 Å². The van der Waals surface area contributed by atoms with Gasteiger partial charge in [0, 0.05) is 12.6 Å². The van der Waals surface area contributed by atoms with Crippen LogP contribution in [-0.2, 0) is 0 Å². The predicted molar refractivity (Wildman–Crippen MR) is 108 cm³/mol. The van der Waals surface area contributed by atoms with Crippen molar-refractivity contribution in [3.05, 3.63) is 77.1 Å². The second-order valence-corrected chi connectivity index (χ2v) is 6.23. The van der Waals surface area contributed by atoms with E-state index in [9.17, 15) is 14.3 Å². The van der Waals surface area contributed by atoms with Gasteiger partial charge in [0.1, 0.15) is 5.82 Å². The zero-order valence-corrected chi connectivity index (χ0v) is 15.7. The van der Waals surface area contributed by atoms with Crippen LogP contribution in [0.4, 0.5) is 4.39 Å². The Bertz CT molecular complexity index is 928. The number of hydrazone groups is 1. The van der Waals surface area contributed by atoms with Crippen molar-refractivity contribution in [3.8, 4) is 0 Å². The first-order chi connectivity index (χ1) is 12.8. The molecule has 2 aromatic carbocycles. The largest absolute Gasteiger partial charge is 0.478 e. The zero-order chi connectivity index (χ0) is 20.0. The van der Waals surface area contributed by atoms with E-state index < -0.39 is 11.8 Å². The van der Waals surface area contributed by atoms with Crippen LogP contribution in [0.2, 0.25) is 0 Å². The van der Waals surface area contributed by atoms with Crippen molar-refractivity contribution >= 4 is 35.0 Å². The molecule has 0 aliphatic carbocycles. The van der Waals surface area contributed by atoms with Gasteiger partial charge >= 0.3 is 5.97 Å². The lowest BCUT2D eigenvalue weighted by Crippen LogP contribution is -2.20. The number of nitrogens with zero attached hydrogens (tertiary/aromatic N) is 3. The average Bonchev–Trinajstić information content (AvgIpc) is 2.64. The summed E-state index contributed by atoms with van der Waals surface area (Å²) in [6.07, 6.45) is 1.31. The van der Waals surface area contributed by atoms with Crippen molar-refractivity contribution in [2.24, 2.45) is 15.2 Å². The molecule has 0 atom stereocenters. The Kier molecular flexibility index (Phi) is 6.86. The molecule has 2 rings (SSSR count). The molecular weight excluding hydrogens is 367 g/mol. The van der Waals surface area contributed by atoms with Gasteiger partial charge in [0.05, 0.1) is 17.5 Å². The number of benzene rings is 2. The summed E-state index contributed by atoms with van der Waals surface area (Å²) in [5.74, 6) is -1.87. The van der Waals surface area contributed by atoms with E-state index in [1.165, 1.54) is 23.4 Å². The van der Waals surface area contributed by atoms with Crippen LogP contribution in [0.25, 0.3) is 5.70 Å². The number of carboxylic acid groups (broad SMARTS) is 1. The van der Waals surface area contributed by atoms with Crippen molar-refractivity contribution in [2.45, 2.75) is 6.92 Å². The van der Waals surface area contributed by atoms with Crippen LogP contribution in [0.15, 0.2) is 59.1 Å². The van der Waals surface area contributed by atoms with E-state index in [0.717, 1.165) is 29.1 Å². The highest BCUT2D eigenvalue weighted by Gasteiger charge is 2.11. The monoisotopic (exact) mass is 386 g/mol. The summed E-state index contributed by atoms with van der Waals surface area (Å²) in [7, 11) is 1.61. The molecule has 2 aromatic rings. The van der Waals surface area contributed by atoms with Crippen molar-refractivity contribution in [2.75, 3.05) is 7.05 Å². The quantitative estimate of drug-likeness (QED) is 0.354. The van der Waals surface area contributed by atoms with Gasteiger partial charge in [0.2, 0.25) is 0 Å². The van der Waals surface area contributed by atoms with Crippen LogP contribution in [-0.4, -0.2) is 34.5 Å². The third kappa shape index (κ3) is 5.50. The van der Waals surface area contributed by atoms with Gasteiger partial charge in [0.15, 0.2) is 5.17 Å². The number of nitrogens with two attached hydrogens (primary N) is 1. The van der Waals surface area contributed by atoms with Crippen LogP contribution in [0.1, 0.15) is 27.0 Å². The molecule has 0 heterocycles. The van der Waals surface area contributed by atoms with Crippen molar-refractivity contribution in [1.82, 2.24) is 5.01 Å². The van der Waals surface area contributed by atoms with E-state index in [0.29, 0.717) is 10.9 Å². The fourth-order valence-corrected chi connectivity index (χ4v) is 2.57. The normalized spacial score (nSPS) is 11.6. The summed E-state index contributed by atoms with van der Waals surface area (Å²) < 4.78 is 13.3. The minimum absolute atomic E-state index is 0.185. The number of aryl methyl sites for hydroxylation is 1. The first-order valence-electron chi connectivity index (χ1n) is 7.83. The van der Waals surface area contributed by atoms with Crippen molar-refractivity contribution < 1.29 is 14.3 Å². The average molecular weight is 386 g/mol. The molecule has 0 saturated carbocycles. The number of halogens is 1. The number of aliphatic imine (C=N–C) groups is 1. The Labute approximate surface area is 161 Å². The maximum Gasteiger partial charge on any atom is 0.336 e. The second kappa shape index (κ2) is 9.11. The van der Waals surface area contributed by atoms with E-state index >= 15 is 0 Å². The fourth-order valence-electron chi connectivity index (χ4n) is 2.20. The number of amidine groups is 1. The maximum absolute atomic E-state index is 13.3. The molecule has 6 nitrogen and oxygen atoms in total. The number of hydrogen-bond donors (Lipinski definition) is 2. The Balaban J connectivity index is 2.24. The zero-order valence-electron chi connectivity index (χ0n) is 14.9. The Morgan fingerprint density at radius 1 is 1.33 bits per heavy atom. The Hall–Kier alpha value is -2.97. The van der Waals surface area contributed by atoms with Crippen LogP contribution in [0, 0.1) is 12.7 Å². The smallest absolute Gasteiger partial charge is 0.336 e. The van der Waals surface area contributed by atoms with Crippen LogP contribution in [0.3, 0.4) is 0 Å². The number of hydrogen-bond acceptors (Lipinski definition) is 5. The van der Waals surface area contributed by atoms with Gasteiger partial charge in [-0.2, -0.15) is 5.10 Å². The summed E-state index contributed by atoms with van der Waals surface area (Å²) >= 11 is 0.878. The summed E-state index contributed by atoms with van der Waals surface area (Å²) in [4.78, 5) is 15.6. The molecule has 27 heavy (non-hydrogen) atoms. The predicted octanol–water partition coefficient (Wildman–Crippen LogP) is 3.73. The van der Waals surface area contributed by atoms with E-state index in [2.05, 4.69) is 16.7 Å². The molecule has 0 aromatic heterocycles. The minimum Gasteiger partial charge on any atom is -0.478 e. The Morgan fingerprint density at radius 2 is 2.07 bits per heavy atom. The number of carbonyl (C=O) groups is 1. The number of carboxylic acids is 1. The highest BCUT2D eigenvalue weighted by atomic mass is 32.2. The van der Waals surface area contributed by atoms with Gasteiger partial charge in [-0.05, 0) is 48.7 Å². The molecule has 0 aliphatic rings. The number of rotatable bonds is 5. The lowest BCUT2D eigenvalue weighted by atomic mass is 10.1. The lowest BCUT2D eigenvalue weighted by Gasteiger charge is -2.14. The van der Waals surface area contributed by atoms with Crippen molar-refractivity contribution in [1.29, 1.82) is 0 Å². The van der Waals surface area contributed by atoms with Gasteiger partial charge in [-0.15, -0.1) is 0 Å². The molecule has 0 fully saturated rings. The highest BCUT2D eigenvalue weighted by molar-refractivity contribution is 8.11. The molecule has 0 bridgehead atoms. The van der Waals surface area contributed by atoms with Gasteiger partial charge < -0.3 is 5.11 Å². The second-order valence-electron chi connectivity index (χ2n) is 5.63. The molecule has 3 N–H and O–H groups in total. The summed E-state index contributed by atoms with van der Waals surface area (Å²) in [6.45, 7) is 5.92. The summed E-state index contributed by atoms with van der Waals surface area (Å²) in [5.41, 5.74) is 2.52. The van der Waals surface area contributed by atoms with Gasteiger partial charge in [0.25, 0.3) is 0 Å². The third-order valence-corrected chi connectivity index (χ3v) is 4.15. The van der Waals surface area contributed by atoms with Crippen LogP contribution >= 0.6 is 11.9 Å². The molecule has 140 valence electrons. The first kappa shape index (κ1) is 20.3. The van der Waals surface area contributed by atoms with E-state index in [-0.39, 0.29) is 11.1 Å². The molecule has 0 radical (unpaired) electrons. The standard InChI is InChI=1S/C19H19FN4O2S/c1-12-5-4-6-14(9-12)13(2)23-19(27-21)24(3)22-11-15-7-8-16(20)10-17(15)18(25)26/h4-11H,2,21H2,1,3H3,(H,25,26)/b22-11+,23-19?. The maximum atomic E-state index is 13.3. The van der Waals surface area contributed by atoms with Crippen LogP contribution in [0.5, 0.6) is 0 Å². The topological polar surface area (TPSA) is 91.3 Å². The SMILES string of the molecule is C=C(N=C(SN)N(C)/N=C/c1ccc(F)cc1C(=O)O)c1cccc(C)c1. The highest BCUT2D eigenvalue weighted by Crippen LogP contribution is 2.17. The molecular formula is C19H19FN4O2S. The molecule has 0 saturated heterocycles.